The second-order valence-electron chi connectivity index (χ2n) is 5.69. The number of rotatable bonds is 5. The Morgan fingerprint density at radius 2 is 1.92 bits per heavy atom. The van der Waals surface area contributed by atoms with E-state index in [1.54, 1.807) is 29.5 Å². The summed E-state index contributed by atoms with van der Waals surface area (Å²) in [7, 11) is 0. The highest BCUT2D eigenvalue weighted by atomic mass is 127. The summed E-state index contributed by atoms with van der Waals surface area (Å²) in [5.41, 5.74) is 2.01. The van der Waals surface area contributed by atoms with Gasteiger partial charge in [-0.25, -0.2) is 9.67 Å². The Labute approximate surface area is 168 Å². The van der Waals surface area contributed by atoms with E-state index in [2.05, 4.69) is 38.0 Å². The van der Waals surface area contributed by atoms with Crippen molar-refractivity contribution in [2.75, 3.05) is 6.54 Å². The molecule has 1 N–H and O–H groups in total. The third-order valence-electron chi connectivity index (χ3n) is 3.72. The number of amides is 1. The van der Waals surface area contributed by atoms with Gasteiger partial charge in [0.05, 0.1) is 22.1 Å². The number of aromatic nitrogens is 3. The second-order valence-corrected chi connectivity index (χ2v) is 8.14. The molecule has 0 unspecified atom stereocenters. The first-order valence-corrected chi connectivity index (χ1v) is 9.90. The molecule has 3 aromatic rings. The van der Waals surface area contributed by atoms with E-state index >= 15 is 0 Å². The summed E-state index contributed by atoms with van der Waals surface area (Å²) in [6.45, 7) is 4.50. The molecule has 3 rings (SSSR count). The molecule has 0 aliphatic carbocycles. The first kappa shape index (κ1) is 18.7. The van der Waals surface area contributed by atoms with Crippen LogP contribution in [0.3, 0.4) is 0 Å². The molecule has 0 radical (unpaired) electrons. The van der Waals surface area contributed by atoms with Crippen molar-refractivity contribution in [2.45, 2.75) is 20.4 Å². The third-order valence-corrected chi connectivity index (χ3v) is 5.53. The smallest absolute Gasteiger partial charge is 0.266 e. The molecule has 2 heterocycles. The number of hydrogen-bond acceptors (Lipinski definition) is 5. The normalized spacial score (nSPS) is 10.7. The van der Waals surface area contributed by atoms with Crippen LogP contribution in [0.15, 0.2) is 41.2 Å². The fourth-order valence-electron chi connectivity index (χ4n) is 2.48. The first-order valence-electron chi connectivity index (χ1n) is 8.00. The van der Waals surface area contributed by atoms with Crippen LogP contribution in [-0.2, 0) is 6.54 Å². The van der Waals surface area contributed by atoms with Crippen LogP contribution >= 0.6 is 33.9 Å². The van der Waals surface area contributed by atoms with Crippen molar-refractivity contribution in [3.63, 3.8) is 0 Å². The van der Waals surface area contributed by atoms with Gasteiger partial charge in [0, 0.05) is 21.7 Å². The summed E-state index contributed by atoms with van der Waals surface area (Å²) in [6.07, 6.45) is 0. The van der Waals surface area contributed by atoms with E-state index < -0.39 is 0 Å². The van der Waals surface area contributed by atoms with Gasteiger partial charge in [-0.2, -0.15) is 5.10 Å². The maximum atomic E-state index is 12.1. The Morgan fingerprint density at radius 1 is 1.19 bits per heavy atom. The molecule has 0 fully saturated rings. The fraction of sp³-hybridized carbons (Fsp3) is 0.222. The molecule has 1 amide bonds. The zero-order valence-corrected chi connectivity index (χ0v) is 17.3. The minimum atomic E-state index is -0.198. The van der Waals surface area contributed by atoms with E-state index in [9.17, 15) is 9.59 Å². The lowest BCUT2D eigenvalue weighted by Crippen LogP contribution is -2.31. The molecule has 0 saturated heterocycles. The maximum Gasteiger partial charge on any atom is 0.266 e. The Balaban J connectivity index is 1.69. The molecule has 8 heteroatoms. The van der Waals surface area contributed by atoms with Crippen LogP contribution < -0.4 is 10.9 Å². The lowest BCUT2D eigenvalue weighted by molar-refractivity contribution is 0.0951. The van der Waals surface area contributed by atoms with Crippen molar-refractivity contribution in [1.29, 1.82) is 0 Å². The molecule has 1 aromatic carbocycles. The standard InChI is InChI=1S/C18H17IN4O2S/c1-11-17(26-12(2)21-11)15-7-8-16(24)23(22-15)10-9-20-18(25)13-3-5-14(19)6-4-13/h3-8H,9-10H2,1-2H3,(H,20,25). The van der Waals surface area contributed by atoms with Gasteiger partial charge in [0.25, 0.3) is 11.5 Å². The van der Waals surface area contributed by atoms with Crippen molar-refractivity contribution < 1.29 is 4.79 Å². The summed E-state index contributed by atoms with van der Waals surface area (Å²) in [4.78, 5) is 29.5. The van der Waals surface area contributed by atoms with Gasteiger partial charge in [0.15, 0.2) is 0 Å². The predicted octanol–water partition coefficient (Wildman–Crippen LogP) is 3.02. The molecular formula is C18H17IN4O2S. The molecule has 26 heavy (non-hydrogen) atoms. The van der Waals surface area contributed by atoms with E-state index in [-0.39, 0.29) is 11.5 Å². The van der Waals surface area contributed by atoms with Crippen molar-refractivity contribution >= 4 is 39.8 Å². The van der Waals surface area contributed by atoms with Crippen LogP contribution in [-0.4, -0.2) is 27.2 Å². The molecule has 0 bridgehead atoms. The average Bonchev–Trinajstić information content (AvgIpc) is 2.95. The highest BCUT2D eigenvalue weighted by molar-refractivity contribution is 14.1. The van der Waals surface area contributed by atoms with Crippen LogP contribution in [0.25, 0.3) is 10.6 Å². The van der Waals surface area contributed by atoms with E-state index in [1.807, 2.05) is 26.0 Å². The number of nitrogens with one attached hydrogen (secondary N) is 1. The van der Waals surface area contributed by atoms with Crippen molar-refractivity contribution in [3.05, 3.63) is 66.6 Å². The van der Waals surface area contributed by atoms with Gasteiger partial charge in [-0.3, -0.25) is 9.59 Å². The molecule has 2 aromatic heterocycles. The van der Waals surface area contributed by atoms with Crippen molar-refractivity contribution in [1.82, 2.24) is 20.1 Å². The maximum absolute atomic E-state index is 12.1. The van der Waals surface area contributed by atoms with Crippen molar-refractivity contribution in [2.24, 2.45) is 0 Å². The molecular weight excluding hydrogens is 463 g/mol. The van der Waals surface area contributed by atoms with Crippen LogP contribution in [0.1, 0.15) is 21.1 Å². The van der Waals surface area contributed by atoms with Crippen LogP contribution in [0.5, 0.6) is 0 Å². The van der Waals surface area contributed by atoms with Gasteiger partial charge < -0.3 is 5.32 Å². The van der Waals surface area contributed by atoms with Crippen molar-refractivity contribution in [3.8, 4) is 10.6 Å². The highest BCUT2D eigenvalue weighted by Gasteiger charge is 2.11. The van der Waals surface area contributed by atoms with E-state index in [4.69, 9.17) is 0 Å². The Hall–Kier alpha value is -2.07. The van der Waals surface area contributed by atoms with Gasteiger partial charge in [-0.1, -0.05) is 0 Å². The van der Waals surface area contributed by atoms with Gasteiger partial charge in [0.1, 0.15) is 5.69 Å². The zero-order valence-electron chi connectivity index (χ0n) is 14.3. The fourth-order valence-corrected chi connectivity index (χ4v) is 3.72. The number of benzene rings is 1. The Kier molecular flexibility index (Phi) is 5.82. The number of aryl methyl sites for hydroxylation is 2. The first-order chi connectivity index (χ1) is 12.4. The number of carbonyl (C=O) groups excluding carboxylic acids is 1. The van der Waals surface area contributed by atoms with Crippen LogP contribution in [0.2, 0.25) is 0 Å². The topological polar surface area (TPSA) is 76.9 Å². The average molecular weight is 480 g/mol. The second kappa shape index (κ2) is 8.09. The van der Waals surface area contributed by atoms with E-state index in [0.29, 0.717) is 18.7 Å². The summed E-state index contributed by atoms with van der Waals surface area (Å²) in [5, 5.41) is 8.20. The molecule has 0 spiro atoms. The monoisotopic (exact) mass is 480 g/mol. The zero-order chi connectivity index (χ0) is 18.7. The van der Waals surface area contributed by atoms with Gasteiger partial charge in [0.2, 0.25) is 0 Å². The lowest BCUT2D eigenvalue weighted by Gasteiger charge is -2.08. The molecule has 134 valence electrons. The molecule has 0 aliphatic heterocycles. The van der Waals surface area contributed by atoms with Crippen LogP contribution in [0.4, 0.5) is 0 Å². The highest BCUT2D eigenvalue weighted by Crippen LogP contribution is 2.27. The summed E-state index contributed by atoms with van der Waals surface area (Å²) >= 11 is 3.74. The van der Waals surface area contributed by atoms with Gasteiger partial charge >= 0.3 is 0 Å². The third kappa shape index (κ3) is 4.36. The van der Waals surface area contributed by atoms with E-state index in [0.717, 1.165) is 24.8 Å². The molecule has 0 atom stereocenters. The number of halogens is 1. The largest absolute Gasteiger partial charge is 0.350 e. The quantitative estimate of drug-likeness (QED) is 0.570. The minimum Gasteiger partial charge on any atom is -0.350 e. The molecule has 0 saturated carbocycles. The number of nitrogens with zero attached hydrogens (tertiary/aromatic N) is 3. The van der Waals surface area contributed by atoms with E-state index in [1.165, 1.54) is 10.7 Å². The van der Waals surface area contributed by atoms with Gasteiger partial charge in [-0.15, -0.1) is 11.3 Å². The number of thiazole rings is 1. The lowest BCUT2D eigenvalue weighted by atomic mass is 10.2. The summed E-state index contributed by atoms with van der Waals surface area (Å²) in [5.74, 6) is -0.167. The summed E-state index contributed by atoms with van der Waals surface area (Å²) < 4.78 is 2.44. The Morgan fingerprint density at radius 3 is 2.58 bits per heavy atom. The summed E-state index contributed by atoms with van der Waals surface area (Å²) in [6, 6.07) is 10.5. The predicted molar refractivity (Wildman–Crippen MR) is 111 cm³/mol. The Bertz CT molecular complexity index is 995. The number of carbonyl (C=O) groups is 1. The van der Waals surface area contributed by atoms with Gasteiger partial charge in [-0.05, 0) is 66.8 Å². The molecule has 6 nitrogen and oxygen atoms in total. The minimum absolute atomic E-state index is 0.167. The molecule has 0 aliphatic rings. The SMILES string of the molecule is Cc1nc(C)c(-c2ccc(=O)n(CCNC(=O)c3ccc(I)cc3)n2)s1. The number of hydrogen-bond donors (Lipinski definition) is 1. The van der Waals surface area contributed by atoms with Crippen LogP contribution in [0, 0.1) is 17.4 Å².